The van der Waals surface area contributed by atoms with Crippen LogP contribution >= 0.6 is 43.2 Å². The first-order chi connectivity index (χ1) is 8.13. The average molecular weight is 383 g/mol. The Morgan fingerprint density at radius 3 is 2.29 bits per heavy atom. The molecule has 1 aromatic heterocycles. The molecule has 1 aromatic rings. The van der Waals surface area contributed by atoms with Gasteiger partial charge in [0.1, 0.15) is 0 Å². The van der Waals surface area contributed by atoms with E-state index in [1.165, 1.54) is 32.4 Å². The number of nitrogens with one attached hydrogen (secondary N) is 1. The summed E-state index contributed by atoms with van der Waals surface area (Å²) >= 11 is 9.01. The van der Waals surface area contributed by atoms with E-state index in [2.05, 4.69) is 64.0 Å². The fourth-order valence-electron chi connectivity index (χ4n) is 2.08. The predicted molar refractivity (Wildman–Crippen MR) is 84.8 cm³/mol. The summed E-state index contributed by atoms with van der Waals surface area (Å²) in [5.74, 6) is 0.721. The van der Waals surface area contributed by atoms with E-state index in [0.717, 1.165) is 12.5 Å². The van der Waals surface area contributed by atoms with Gasteiger partial charge in [0.25, 0.3) is 0 Å². The molecule has 0 saturated carbocycles. The highest BCUT2D eigenvalue weighted by molar-refractivity contribution is 9.13. The Hall–Kier alpha value is 0.620. The molecule has 0 bridgehead atoms. The normalized spacial score (nSPS) is 13.3. The molecule has 17 heavy (non-hydrogen) atoms. The lowest BCUT2D eigenvalue weighted by Gasteiger charge is -2.25. The second-order valence-corrected chi connectivity index (χ2v) is 7.53. The highest BCUT2D eigenvalue weighted by Gasteiger charge is 2.22. The molecule has 0 aliphatic rings. The molecule has 0 aliphatic carbocycles. The van der Waals surface area contributed by atoms with Gasteiger partial charge in [0, 0.05) is 15.4 Å². The number of halogens is 2. The Labute approximate surface area is 126 Å². The molecular weight excluding hydrogens is 362 g/mol. The molecule has 0 aromatic carbocycles. The topological polar surface area (TPSA) is 12.0 Å². The number of thiophene rings is 1. The minimum absolute atomic E-state index is 0.498. The van der Waals surface area contributed by atoms with Gasteiger partial charge in [-0.2, -0.15) is 0 Å². The molecule has 0 spiro atoms. The minimum atomic E-state index is 0.498. The van der Waals surface area contributed by atoms with Crippen LogP contribution in [0.5, 0.6) is 0 Å². The predicted octanol–water partition coefficient (Wildman–Crippen LogP) is 5.75. The fraction of sp³-hybridized carbons (Fsp3) is 0.692. The molecular formula is C13H21Br2NS. The number of hydrogen-bond donors (Lipinski definition) is 1. The van der Waals surface area contributed by atoms with Crippen molar-refractivity contribution in [3.05, 3.63) is 19.2 Å². The van der Waals surface area contributed by atoms with Crippen LogP contribution in [-0.4, -0.2) is 6.54 Å². The Morgan fingerprint density at radius 2 is 1.88 bits per heavy atom. The summed E-state index contributed by atoms with van der Waals surface area (Å²) in [6, 6.07) is 2.75. The van der Waals surface area contributed by atoms with Gasteiger partial charge in [-0.05, 0) is 56.8 Å². The number of hydrogen-bond acceptors (Lipinski definition) is 2. The van der Waals surface area contributed by atoms with E-state index in [4.69, 9.17) is 0 Å². The van der Waals surface area contributed by atoms with Crippen LogP contribution in [0.4, 0.5) is 0 Å². The maximum atomic E-state index is 3.70. The third kappa shape index (κ3) is 4.34. The van der Waals surface area contributed by atoms with Gasteiger partial charge < -0.3 is 5.32 Å². The van der Waals surface area contributed by atoms with Crippen molar-refractivity contribution in [3.8, 4) is 0 Å². The van der Waals surface area contributed by atoms with Crippen molar-refractivity contribution in [1.82, 2.24) is 5.32 Å². The minimum Gasteiger partial charge on any atom is -0.309 e. The van der Waals surface area contributed by atoms with Gasteiger partial charge in [-0.15, -0.1) is 11.3 Å². The highest BCUT2D eigenvalue weighted by Crippen LogP contribution is 2.39. The largest absolute Gasteiger partial charge is 0.309 e. The molecule has 0 amide bonds. The first-order valence-electron chi connectivity index (χ1n) is 6.32. The number of rotatable bonds is 7. The van der Waals surface area contributed by atoms with Crippen molar-refractivity contribution < 1.29 is 0 Å². The lowest BCUT2D eigenvalue weighted by Crippen LogP contribution is -2.27. The summed E-state index contributed by atoms with van der Waals surface area (Å²) < 4.78 is 2.37. The van der Waals surface area contributed by atoms with E-state index in [1.54, 1.807) is 0 Å². The molecule has 98 valence electrons. The van der Waals surface area contributed by atoms with Crippen LogP contribution in [0.25, 0.3) is 0 Å². The fourth-order valence-corrected chi connectivity index (χ4v) is 4.34. The molecule has 0 aliphatic heterocycles. The van der Waals surface area contributed by atoms with Crippen molar-refractivity contribution in [2.75, 3.05) is 6.54 Å². The zero-order chi connectivity index (χ0) is 12.8. The van der Waals surface area contributed by atoms with Crippen LogP contribution in [0.2, 0.25) is 0 Å². The van der Waals surface area contributed by atoms with Crippen molar-refractivity contribution in [2.24, 2.45) is 5.92 Å². The van der Waals surface area contributed by atoms with Gasteiger partial charge in [0.15, 0.2) is 0 Å². The molecule has 1 N–H and O–H groups in total. The van der Waals surface area contributed by atoms with Crippen LogP contribution in [0.15, 0.2) is 14.3 Å². The van der Waals surface area contributed by atoms with E-state index >= 15 is 0 Å². The van der Waals surface area contributed by atoms with Crippen molar-refractivity contribution in [1.29, 1.82) is 0 Å². The SMILES string of the molecule is CCCNC(c1cc(Br)c(Br)s1)C(CC)CC. The Morgan fingerprint density at radius 1 is 1.24 bits per heavy atom. The third-order valence-corrected chi connectivity index (χ3v) is 6.44. The third-order valence-electron chi connectivity index (χ3n) is 3.11. The van der Waals surface area contributed by atoms with Gasteiger partial charge in [-0.1, -0.05) is 33.6 Å². The summed E-state index contributed by atoms with van der Waals surface area (Å²) in [4.78, 5) is 1.44. The van der Waals surface area contributed by atoms with Gasteiger partial charge >= 0.3 is 0 Å². The highest BCUT2D eigenvalue weighted by atomic mass is 79.9. The molecule has 1 nitrogen and oxygen atoms in total. The van der Waals surface area contributed by atoms with Crippen LogP contribution in [0.3, 0.4) is 0 Å². The van der Waals surface area contributed by atoms with Crippen LogP contribution < -0.4 is 5.32 Å². The second-order valence-electron chi connectivity index (χ2n) is 4.28. The zero-order valence-corrected chi connectivity index (χ0v) is 14.7. The quantitative estimate of drug-likeness (QED) is 0.632. The summed E-state index contributed by atoms with van der Waals surface area (Å²) in [7, 11) is 0. The monoisotopic (exact) mass is 381 g/mol. The Bertz CT molecular complexity index is 315. The van der Waals surface area contributed by atoms with Gasteiger partial charge in [0.05, 0.1) is 3.79 Å². The van der Waals surface area contributed by atoms with Crippen molar-refractivity contribution in [2.45, 2.75) is 46.1 Å². The molecule has 1 heterocycles. The lowest BCUT2D eigenvalue weighted by atomic mass is 9.93. The van der Waals surface area contributed by atoms with Gasteiger partial charge in [0.2, 0.25) is 0 Å². The zero-order valence-electron chi connectivity index (χ0n) is 10.7. The van der Waals surface area contributed by atoms with E-state index in [1.807, 2.05) is 11.3 Å². The van der Waals surface area contributed by atoms with Crippen LogP contribution in [-0.2, 0) is 0 Å². The smallest absolute Gasteiger partial charge is 0.0843 e. The Kier molecular flexibility index (Phi) is 7.31. The van der Waals surface area contributed by atoms with Crippen LogP contribution in [0, 0.1) is 5.92 Å². The molecule has 0 radical (unpaired) electrons. The summed E-state index contributed by atoms with van der Waals surface area (Å²) in [5.41, 5.74) is 0. The van der Waals surface area contributed by atoms with E-state index in [9.17, 15) is 0 Å². The van der Waals surface area contributed by atoms with Crippen LogP contribution in [0.1, 0.15) is 51.0 Å². The molecule has 4 heteroatoms. The molecule has 0 saturated heterocycles. The first-order valence-corrected chi connectivity index (χ1v) is 8.72. The molecule has 1 rings (SSSR count). The summed E-state index contributed by atoms with van der Waals surface area (Å²) in [5, 5.41) is 3.70. The standard InChI is InChI=1S/C13H21Br2NS/c1-4-7-16-12(9(5-2)6-3)11-8-10(14)13(15)17-11/h8-9,12,16H,4-7H2,1-3H3. The van der Waals surface area contributed by atoms with E-state index < -0.39 is 0 Å². The first kappa shape index (κ1) is 15.7. The van der Waals surface area contributed by atoms with E-state index in [-0.39, 0.29) is 0 Å². The Balaban J connectivity index is 2.88. The second kappa shape index (κ2) is 7.93. The maximum Gasteiger partial charge on any atom is 0.0843 e. The van der Waals surface area contributed by atoms with Gasteiger partial charge in [-0.25, -0.2) is 0 Å². The van der Waals surface area contributed by atoms with Crippen molar-refractivity contribution >= 4 is 43.2 Å². The van der Waals surface area contributed by atoms with E-state index in [0.29, 0.717) is 6.04 Å². The van der Waals surface area contributed by atoms with Crippen molar-refractivity contribution in [3.63, 3.8) is 0 Å². The summed E-state index contributed by atoms with van der Waals surface area (Å²) in [6.45, 7) is 7.88. The molecule has 0 fully saturated rings. The van der Waals surface area contributed by atoms with Gasteiger partial charge in [-0.3, -0.25) is 0 Å². The summed E-state index contributed by atoms with van der Waals surface area (Å²) in [6.07, 6.45) is 3.64. The maximum absolute atomic E-state index is 3.70. The molecule has 1 atom stereocenters. The molecule has 1 unspecified atom stereocenters. The average Bonchev–Trinajstić information content (AvgIpc) is 2.65. The lowest BCUT2D eigenvalue weighted by molar-refractivity contribution is 0.346.